The summed E-state index contributed by atoms with van der Waals surface area (Å²) in [4.78, 5) is 0. The van der Waals surface area contributed by atoms with Crippen LogP contribution in [0.3, 0.4) is 0 Å². The van der Waals surface area contributed by atoms with E-state index in [1.165, 1.54) is 6.42 Å². The first-order valence-electron chi connectivity index (χ1n) is 7.01. The highest BCUT2D eigenvalue weighted by molar-refractivity contribution is 5.33. The van der Waals surface area contributed by atoms with Crippen LogP contribution in [0.4, 0.5) is 0 Å². The largest absolute Gasteiger partial charge is 0.0625 e. The minimum atomic E-state index is 0.787. The van der Waals surface area contributed by atoms with Crippen LogP contribution in [-0.2, 0) is 0 Å². The molecule has 6 bridgehead atoms. The molecule has 84 valence electrons. The molecule has 7 atom stereocenters. The van der Waals surface area contributed by atoms with Crippen molar-refractivity contribution in [2.45, 2.75) is 47.0 Å². The Labute approximate surface area is 93.8 Å². The van der Waals surface area contributed by atoms with E-state index < -0.39 is 0 Å². The predicted octanol–water partition coefficient (Wildman–Crippen LogP) is 3.96. The van der Waals surface area contributed by atoms with E-state index in [1.54, 1.807) is 12.8 Å². The number of hydrogen-bond acceptors (Lipinski definition) is 0. The molecule has 0 heteroatoms. The van der Waals surface area contributed by atoms with Gasteiger partial charge in [-0.2, -0.15) is 0 Å². The van der Waals surface area contributed by atoms with Crippen molar-refractivity contribution in [3.63, 3.8) is 0 Å². The minimum Gasteiger partial charge on any atom is -0.0625 e. The molecule has 0 saturated heterocycles. The zero-order valence-electron chi connectivity index (χ0n) is 10.6. The van der Waals surface area contributed by atoms with Gasteiger partial charge in [-0.3, -0.25) is 0 Å². The topological polar surface area (TPSA) is 0 Å². The zero-order valence-corrected chi connectivity index (χ0v) is 10.6. The van der Waals surface area contributed by atoms with E-state index in [4.69, 9.17) is 0 Å². The maximum atomic E-state index is 2.64. The van der Waals surface area contributed by atoms with E-state index in [-0.39, 0.29) is 0 Å². The second-order valence-electron chi connectivity index (χ2n) is 7.77. The van der Waals surface area contributed by atoms with Gasteiger partial charge in [0.2, 0.25) is 0 Å². The zero-order chi connectivity index (χ0) is 10.6. The molecule has 5 fully saturated rings. The van der Waals surface area contributed by atoms with Crippen molar-refractivity contribution in [3.8, 4) is 0 Å². The van der Waals surface area contributed by atoms with Crippen molar-refractivity contribution in [1.29, 1.82) is 0 Å². The lowest BCUT2D eigenvalue weighted by molar-refractivity contribution is 0.0554. The van der Waals surface area contributed by atoms with Crippen LogP contribution < -0.4 is 0 Å². The fourth-order valence-corrected chi connectivity index (χ4v) is 6.91. The van der Waals surface area contributed by atoms with Gasteiger partial charge in [-0.15, -0.1) is 0 Å². The van der Waals surface area contributed by atoms with Gasteiger partial charge in [0.15, 0.2) is 0 Å². The van der Waals surface area contributed by atoms with E-state index in [9.17, 15) is 0 Å². The fraction of sp³-hybridized carbons (Fsp3) is 1.00. The highest BCUT2D eigenvalue weighted by atomic mass is 14.9. The Bertz CT molecular complexity index is 331. The van der Waals surface area contributed by atoms with Crippen LogP contribution in [0.5, 0.6) is 0 Å². The Kier molecular flexibility index (Phi) is 1.31. The van der Waals surface area contributed by atoms with Gasteiger partial charge in [0.05, 0.1) is 0 Å². The molecule has 5 saturated carbocycles. The fourth-order valence-electron chi connectivity index (χ4n) is 6.91. The average Bonchev–Trinajstić information content (AvgIpc) is 2.44. The van der Waals surface area contributed by atoms with Crippen molar-refractivity contribution in [2.24, 2.45) is 46.3 Å². The summed E-state index contributed by atoms with van der Waals surface area (Å²) in [5.41, 5.74) is 1.60. The van der Waals surface area contributed by atoms with E-state index in [0.29, 0.717) is 0 Å². The molecule has 0 heterocycles. The molecule has 5 aliphatic carbocycles. The van der Waals surface area contributed by atoms with Crippen LogP contribution >= 0.6 is 0 Å². The SMILES string of the molecule is CC(C)[C@H]1CC[C@@]2(C)[C@@H]3CC4[C@H]2[C@]4(C)[C@H]13. The molecule has 0 N–H and O–H groups in total. The van der Waals surface area contributed by atoms with Crippen molar-refractivity contribution >= 4 is 0 Å². The van der Waals surface area contributed by atoms with E-state index >= 15 is 0 Å². The quantitative estimate of drug-likeness (QED) is 0.606. The van der Waals surface area contributed by atoms with E-state index in [1.807, 2.05) is 0 Å². The standard InChI is InChI=1S/C15H24/c1-8(2)9-5-6-14(3)10-7-11-13(14)15(11,4)12(9)10/h8-13H,5-7H2,1-4H3/t9-,10-,11?,12-,13-,14+,15+/m1/s1. The summed E-state index contributed by atoms with van der Waals surface area (Å²) in [6.45, 7) is 10.2. The first-order chi connectivity index (χ1) is 7.01. The van der Waals surface area contributed by atoms with Crippen LogP contribution in [0.25, 0.3) is 0 Å². The normalized spacial score (nSPS) is 69.0. The molecule has 0 aromatic rings. The van der Waals surface area contributed by atoms with Crippen molar-refractivity contribution in [3.05, 3.63) is 0 Å². The predicted molar refractivity (Wildman–Crippen MR) is 62.4 cm³/mol. The van der Waals surface area contributed by atoms with Crippen LogP contribution in [0.15, 0.2) is 0 Å². The van der Waals surface area contributed by atoms with Gasteiger partial charge < -0.3 is 0 Å². The average molecular weight is 204 g/mol. The van der Waals surface area contributed by atoms with Gasteiger partial charge in [0.25, 0.3) is 0 Å². The van der Waals surface area contributed by atoms with Crippen molar-refractivity contribution in [2.75, 3.05) is 0 Å². The molecular formula is C15H24. The molecular weight excluding hydrogens is 180 g/mol. The summed E-state index contributed by atoms with van der Waals surface area (Å²) in [6, 6.07) is 0. The van der Waals surface area contributed by atoms with Crippen LogP contribution in [0, 0.1) is 46.3 Å². The van der Waals surface area contributed by atoms with Crippen LogP contribution in [0.2, 0.25) is 0 Å². The Balaban J connectivity index is 1.81. The molecule has 0 radical (unpaired) electrons. The maximum absolute atomic E-state index is 2.64. The highest BCUT2D eigenvalue weighted by Crippen LogP contribution is 2.91. The summed E-state index contributed by atoms with van der Waals surface area (Å²) in [6.07, 6.45) is 4.69. The molecule has 0 spiro atoms. The third-order valence-electron chi connectivity index (χ3n) is 7.31. The third-order valence-corrected chi connectivity index (χ3v) is 7.31. The Morgan fingerprint density at radius 3 is 2.47 bits per heavy atom. The molecule has 1 unspecified atom stereocenters. The Morgan fingerprint density at radius 1 is 1.13 bits per heavy atom. The lowest BCUT2D eigenvalue weighted by atomic mass is 9.62. The van der Waals surface area contributed by atoms with Gasteiger partial charge in [-0.1, -0.05) is 27.7 Å². The van der Waals surface area contributed by atoms with Gasteiger partial charge in [-0.05, 0) is 65.6 Å². The Hall–Kier alpha value is 0. The van der Waals surface area contributed by atoms with Gasteiger partial charge in [0.1, 0.15) is 0 Å². The van der Waals surface area contributed by atoms with Crippen LogP contribution in [-0.4, -0.2) is 0 Å². The number of hydrogen-bond donors (Lipinski definition) is 0. The van der Waals surface area contributed by atoms with E-state index in [0.717, 1.165) is 46.3 Å². The summed E-state index contributed by atoms with van der Waals surface area (Å²) in [7, 11) is 0. The Morgan fingerprint density at radius 2 is 1.87 bits per heavy atom. The number of rotatable bonds is 1. The van der Waals surface area contributed by atoms with Gasteiger partial charge in [-0.25, -0.2) is 0 Å². The summed E-state index contributed by atoms with van der Waals surface area (Å²) < 4.78 is 0. The second kappa shape index (κ2) is 2.17. The van der Waals surface area contributed by atoms with E-state index in [2.05, 4.69) is 27.7 Å². The molecule has 5 rings (SSSR count). The molecule has 15 heavy (non-hydrogen) atoms. The summed E-state index contributed by atoms with van der Waals surface area (Å²) in [5.74, 6) is 6.52. The second-order valence-corrected chi connectivity index (χ2v) is 7.77. The lowest BCUT2D eigenvalue weighted by Crippen LogP contribution is -2.36. The molecule has 0 aromatic heterocycles. The molecule has 0 aliphatic heterocycles. The van der Waals surface area contributed by atoms with Gasteiger partial charge >= 0.3 is 0 Å². The molecule has 0 nitrogen and oxygen atoms in total. The van der Waals surface area contributed by atoms with Crippen molar-refractivity contribution in [1.82, 2.24) is 0 Å². The highest BCUT2D eigenvalue weighted by Gasteiger charge is 2.86. The maximum Gasteiger partial charge on any atom is -0.0224 e. The minimum absolute atomic E-state index is 0.787. The third kappa shape index (κ3) is 0.691. The lowest BCUT2D eigenvalue weighted by Gasteiger charge is -2.43. The molecule has 5 aliphatic rings. The summed E-state index contributed by atoms with van der Waals surface area (Å²) >= 11 is 0. The smallest absolute Gasteiger partial charge is 0.0224 e. The summed E-state index contributed by atoms with van der Waals surface area (Å²) in [5, 5.41) is 0. The van der Waals surface area contributed by atoms with Crippen molar-refractivity contribution < 1.29 is 0 Å². The molecule has 0 amide bonds. The van der Waals surface area contributed by atoms with Crippen LogP contribution in [0.1, 0.15) is 47.0 Å². The molecule has 0 aromatic carbocycles. The monoisotopic (exact) mass is 204 g/mol. The first kappa shape index (κ1) is 9.07. The van der Waals surface area contributed by atoms with Gasteiger partial charge in [0, 0.05) is 0 Å². The first-order valence-corrected chi connectivity index (χ1v) is 7.01.